The number of hydrogen-bond acceptors (Lipinski definition) is 6. The summed E-state index contributed by atoms with van der Waals surface area (Å²) in [5, 5.41) is 4.64. The molecule has 1 saturated heterocycles. The van der Waals surface area contributed by atoms with Crippen LogP contribution >= 0.6 is 23.5 Å². The van der Waals surface area contributed by atoms with Crippen LogP contribution in [0.4, 0.5) is 0 Å². The first-order valence-corrected chi connectivity index (χ1v) is 10.7. The van der Waals surface area contributed by atoms with Crippen LogP contribution in [0.15, 0.2) is 51.6 Å². The fraction of sp³-hybridized carbons (Fsp3) is 0.421. The van der Waals surface area contributed by atoms with Gasteiger partial charge in [-0.25, -0.2) is 9.97 Å². The zero-order chi connectivity index (χ0) is 18.2. The van der Waals surface area contributed by atoms with Crippen LogP contribution in [-0.4, -0.2) is 52.7 Å². The van der Waals surface area contributed by atoms with Gasteiger partial charge in [0.25, 0.3) is 0 Å². The molecule has 1 aromatic heterocycles. The molecule has 2 heterocycles. The number of amides is 1. The molecule has 0 unspecified atom stereocenters. The SMILES string of the molecule is Cc1cccc(Sc2nccnc2SCC(=O)NCCN2CCCC2)c1. The van der Waals surface area contributed by atoms with Gasteiger partial charge in [0.2, 0.25) is 5.91 Å². The smallest absolute Gasteiger partial charge is 0.230 e. The summed E-state index contributed by atoms with van der Waals surface area (Å²) in [6.45, 7) is 6.04. The maximum Gasteiger partial charge on any atom is 0.230 e. The molecule has 1 fully saturated rings. The van der Waals surface area contributed by atoms with Crippen molar-refractivity contribution in [2.24, 2.45) is 0 Å². The monoisotopic (exact) mass is 388 g/mol. The van der Waals surface area contributed by atoms with E-state index in [0.717, 1.165) is 34.6 Å². The molecule has 7 heteroatoms. The second-order valence-electron chi connectivity index (χ2n) is 6.27. The zero-order valence-electron chi connectivity index (χ0n) is 15.0. The lowest BCUT2D eigenvalue weighted by Crippen LogP contribution is -2.34. The van der Waals surface area contributed by atoms with Gasteiger partial charge in [0.15, 0.2) is 0 Å². The molecular formula is C19H24N4OS2. The first-order valence-electron chi connectivity index (χ1n) is 8.88. The third kappa shape index (κ3) is 6.00. The lowest BCUT2D eigenvalue weighted by molar-refractivity contribution is -0.118. The van der Waals surface area contributed by atoms with Crippen LogP contribution in [0.2, 0.25) is 0 Å². The van der Waals surface area contributed by atoms with Crippen LogP contribution < -0.4 is 5.32 Å². The minimum Gasteiger partial charge on any atom is -0.354 e. The first kappa shape index (κ1) is 19.2. The molecule has 0 aliphatic carbocycles. The molecule has 5 nitrogen and oxygen atoms in total. The van der Waals surface area contributed by atoms with Crippen molar-refractivity contribution in [3.8, 4) is 0 Å². The minimum atomic E-state index is 0.0476. The fourth-order valence-electron chi connectivity index (χ4n) is 2.82. The number of likely N-dealkylation sites (tertiary alicyclic amines) is 1. The maximum absolute atomic E-state index is 12.1. The fourth-order valence-corrected chi connectivity index (χ4v) is 4.67. The molecule has 0 radical (unpaired) electrons. The molecule has 138 valence electrons. The lowest BCUT2D eigenvalue weighted by atomic mass is 10.2. The van der Waals surface area contributed by atoms with E-state index < -0.39 is 0 Å². The molecule has 3 rings (SSSR count). The van der Waals surface area contributed by atoms with Crippen LogP contribution in [0.1, 0.15) is 18.4 Å². The predicted molar refractivity (Wildman–Crippen MR) is 107 cm³/mol. The average Bonchev–Trinajstić information content (AvgIpc) is 3.14. The molecule has 0 bridgehead atoms. The molecule has 1 amide bonds. The van der Waals surface area contributed by atoms with Crippen LogP contribution in [0.25, 0.3) is 0 Å². The Bertz CT molecular complexity index is 735. The number of aryl methyl sites for hydroxylation is 1. The molecule has 0 saturated carbocycles. The molecular weight excluding hydrogens is 364 g/mol. The Labute approximate surface area is 163 Å². The van der Waals surface area contributed by atoms with Gasteiger partial charge in [-0.1, -0.05) is 41.2 Å². The highest BCUT2D eigenvalue weighted by molar-refractivity contribution is 8.02. The average molecular weight is 389 g/mol. The van der Waals surface area contributed by atoms with Crippen molar-refractivity contribution in [2.45, 2.75) is 34.7 Å². The van der Waals surface area contributed by atoms with E-state index in [1.165, 1.54) is 30.2 Å². The van der Waals surface area contributed by atoms with Crippen molar-refractivity contribution < 1.29 is 4.79 Å². The van der Waals surface area contributed by atoms with E-state index in [4.69, 9.17) is 0 Å². The van der Waals surface area contributed by atoms with Crippen molar-refractivity contribution in [3.63, 3.8) is 0 Å². The second kappa shape index (κ2) is 9.94. The molecule has 1 aliphatic heterocycles. The van der Waals surface area contributed by atoms with Gasteiger partial charge in [-0.05, 0) is 45.0 Å². The predicted octanol–water partition coefficient (Wildman–Crippen LogP) is 3.24. The lowest BCUT2D eigenvalue weighted by Gasteiger charge is -2.14. The van der Waals surface area contributed by atoms with Crippen LogP contribution in [-0.2, 0) is 4.79 Å². The van der Waals surface area contributed by atoms with Crippen molar-refractivity contribution in [1.29, 1.82) is 0 Å². The Morgan fingerprint density at radius 2 is 1.96 bits per heavy atom. The summed E-state index contributed by atoms with van der Waals surface area (Å²) in [7, 11) is 0. The Kier molecular flexibility index (Phi) is 7.34. The van der Waals surface area contributed by atoms with E-state index in [1.807, 2.05) is 6.07 Å². The summed E-state index contributed by atoms with van der Waals surface area (Å²) in [5.74, 6) is 0.409. The molecule has 2 aromatic rings. The number of benzene rings is 1. The summed E-state index contributed by atoms with van der Waals surface area (Å²) < 4.78 is 0. The standard InChI is InChI=1S/C19H24N4OS2/c1-15-5-4-6-16(13-15)26-19-18(21-7-8-22-19)25-14-17(24)20-9-12-23-10-2-3-11-23/h4-8,13H,2-3,9-12,14H2,1H3,(H,20,24). The first-order chi connectivity index (χ1) is 12.7. The van der Waals surface area contributed by atoms with Gasteiger partial charge in [0.05, 0.1) is 5.75 Å². The quantitative estimate of drug-likeness (QED) is 0.701. The molecule has 1 aromatic carbocycles. The van der Waals surface area contributed by atoms with Gasteiger partial charge >= 0.3 is 0 Å². The van der Waals surface area contributed by atoms with E-state index in [2.05, 4.69) is 45.3 Å². The van der Waals surface area contributed by atoms with Crippen molar-refractivity contribution >= 4 is 29.4 Å². The molecule has 26 heavy (non-hydrogen) atoms. The normalized spacial score (nSPS) is 14.5. The highest BCUT2D eigenvalue weighted by Crippen LogP contribution is 2.32. The molecule has 1 N–H and O–H groups in total. The van der Waals surface area contributed by atoms with Crippen molar-refractivity contribution in [2.75, 3.05) is 31.9 Å². The van der Waals surface area contributed by atoms with Gasteiger partial charge in [-0.3, -0.25) is 4.79 Å². The summed E-state index contributed by atoms with van der Waals surface area (Å²) in [5.41, 5.74) is 1.21. The number of aromatic nitrogens is 2. The molecule has 0 spiro atoms. The maximum atomic E-state index is 12.1. The van der Waals surface area contributed by atoms with E-state index in [1.54, 1.807) is 24.2 Å². The van der Waals surface area contributed by atoms with Crippen LogP contribution in [0.5, 0.6) is 0 Å². The number of nitrogens with one attached hydrogen (secondary N) is 1. The van der Waals surface area contributed by atoms with Crippen molar-refractivity contribution in [3.05, 3.63) is 42.2 Å². The third-order valence-electron chi connectivity index (χ3n) is 4.13. The summed E-state index contributed by atoms with van der Waals surface area (Å²) in [6, 6.07) is 8.29. The van der Waals surface area contributed by atoms with Crippen LogP contribution in [0, 0.1) is 6.92 Å². The summed E-state index contributed by atoms with van der Waals surface area (Å²) in [4.78, 5) is 24.5. The number of hydrogen-bond donors (Lipinski definition) is 1. The molecule has 0 atom stereocenters. The minimum absolute atomic E-state index is 0.0476. The highest BCUT2D eigenvalue weighted by Gasteiger charge is 2.13. The van der Waals surface area contributed by atoms with Crippen LogP contribution in [0.3, 0.4) is 0 Å². The number of thioether (sulfide) groups is 1. The Hall–Kier alpha value is -1.57. The van der Waals surface area contributed by atoms with Gasteiger partial charge < -0.3 is 10.2 Å². The highest BCUT2D eigenvalue weighted by atomic mass is 32.2. The van der Waals surface area contributed by atoms with Crippen molar-refractivity contribution in [1.82, 2.24) is 20.2 Å². The van der Waals surface area contributed by atoms with E-state index in [9.17, 15) is 4.79 Å². The molecule has 1 aliphatic rings. The van der Waals surface area contributed by atoms with Gasteiger partial charge in [0, 0.05) is 30.4 Å². The van der Waals surface area contributed by atoms with Gasteiger partial charge in [-0.15, -0.1) is 0 Å². The topological polar surface area (TPSA) is 58.1 Å². The summed E-state index contributed by atoms with van der Waals surface area (Å²) >= 11 is 3.02. The van der Waals surface area contributed by atoms with Gasteiger partial charge in [0.1, 0.15) is 10.1 Å². The Balaban J connectivity index is 1.49. The second-order valence-corrected chi connectivity index (χ2v) is 8.30. The number of carbonyl (C=O) groups excluding carboxylic acids is 1. The van der Waals surface area contributed by atoms with E-state index >= 15 is 0 Å². The largest absolute Gasteiger partial charge is 0.354 e. The number of carbonyl (C=O) groups is 1. The van der Waals surface area contributed by atoms with E-state index in [-0.39, 0.29) is 5.91 Å². The zero-order valence-corrected chi connectivity index (χ0v) is 16.6. The Morgan fingerprint density at radius 1 is 1.19 bits per heavy atom. The number of nitrogens with zero attached hydrogens (tertiary/aromatic N) is 3. The third-order valence-corrected chi connectivity index (χ3v) is 6.22. The van der Waals surface area contributed by atoms with E-state index in [0.29, 0.717) is 12.3 Å². The summed E-state index contributed by atoms with van der Waals surface area (Å²) in [6.07, 6.45) is 5.92. The Morgan fingerprint density at radius 3 is 2.73 bits per heavy atom. The van der Waals surface area contributed by atoms with Gasteiger partial charge in [-0.2, -0.15) is 0 Å². The number of rotatable bonds is 8.